The molecule has 0 saturated heterocycles. The first-order valence-electron chi connectivity index (χ1n) is 7.12. The largest absolute Gasteiger partial charge is 0.459 e. The first-order valence-corrected chi connectivity index (χ1v) is 8.61. The third-order valence-corrected chi connectivity index (χ3v) is 4.93. The Kier molecular flexibility index (Phi) is 3.96. The number of nitrogens with zero attached hydrogens (tertiary/aromatic N) is 1. The summed E-state index contributed by atoms with van der Waals surface area (Å²) < 4.78 is 36.4. The zero-order chi connectivity index (χ0) is 16.4. The molecule has 0 spiro atoms. The Morgan fingerprint density at radius 3 is 2.52 bits per heavy atom. The first kappa shape index (κ1) is 15.4. The summed E-state index contributed by atoms with van der Waals surface area (Å²) in [7, 11) is -3.79. The Hall–Kier alpha value is -2.54. The number of furan rings is 1. The van der Waals surface area contributed by atoms with Crippen molar-refractivity contribution in [2.75, 3.05) is 11.9 Å². The molecule has 0 unspecified atom stereocenters. The van der Waals surface area contributed by atoms with Gasteiger partial charge in [-0.1, -0.05) is 17.7 Å². The summed E-state index contributed by atoms with van der Waals surface area (Å²) in [4.78, 5) is 4.30. The number of aryl methyl sites for hydroxylation is 1. The second-order valence-corrected chi connectivity index (χ2v) is 6.84. The van der Waals surface area contributed by atoms with Gasteiger partial charge >= 0.3 is 0 Å². The van der Waals surface area contributed by atoms with Gasteiger partial charge in [-0.15, -0.1) is 0 Å². The molecule has 1 N–H and O–H groups in total. The fourth-order valence-electron chi connectivity index (χ4n) is 2.10. The molecule has 6 nitrogen and oxygen atoms in total. The molecule has 23 heavy (non-hydrogen) atoms. The number of hydrogen-bond acceptors (Lipinski definition) is 6. The van der Waals surface area contributed by atoms with Gasteiger partial charge in [-0.2, -0.15) is 4.98 Å². The zero-order valence-corrected chi connectivity index (χ0v) is 13.6. The van der Waals surface area contributed by atoms with Crippen LogP contribution in [0, 0.1) is 6.92 Å². The number of anilines is 1. The summed E-state index contributed by atoms with van der Waals surface area (Å²) in [6.45, 7) is 4.24. The van der Waals surface area contributed by atoms with E-state index in [2.05, 4.69) is 10.3 Å². The lowest BCUT2D eigenvalue weighted by Gasteiger charge is -2.04. The van der Waals surface area contributed by atoms with Gasteiger partial charge in [-0.25, -0.2) is 8.42 Å². The predicted octanol–water partition coefficient (Wildman–Crippen LogP) is 3.51. The normalized spacial score (nSPS) is 11.6. The Bertz CT molecular complexity index is 894. The third-order valence-electron chi connectivity index (χ3n) is 3.25. The zero-order valence-electron chi connectivity index (χ0n) is 12.7. The topological polar surface area (TPSA) is 85.3 Å². The highest BCUT2D eigenvalue weighted by Gasteiger charge is 2.28. The number of aromatic nitrogens is 1. The van der Waals surface area contributed by atoms with E-state index in [-0.39, 0.29) is 21.7 Å². The fourth-order valence-corrected chi connectivity index (χ4v) is 3.37. The molecule has 0 fully saturated rings. The van der Waals surface area contributed by atoms with E-state index in [9.17, 15) is 8.42 Å². The van der Waals surface area contributed by atoms with Gasteiger partial charge in [0.25, 0.3) is 5.89 Å². The first-order chi connectivity index (χ1) is 11.0. The molecule has 1 aromatic carbocycles. The van der Waals surface area contributed by atoms with Gasteiger partial charge in [-0.05, 0) is 38.1 Å². The smallest absolute Gasteiger partial charge is 0.266 e. The highest BCUT2D eigenvalue weighted by Crippen LogP contribution is 2.32. The SMILES string of the molecule is CCNc1oc(-c2ccco2)nc1S(=O)(=O)c1ccc(C)cc1. The molecular formula is C16H16N2O4S. The summed E-state index contributed by atoms with van der Waals surface area (Å²) >= 11 is 0. The summed E-state index contributed by atoms with van der Waals surface area (Å²) in [5.41, 5.74) is 0.979. The van der Waals surface area contributed by atoms with Crippen LogP contribution in [0.2, 0.25) is 0 Å². The van der Waals surface area contributed by atoms with E-state index >= 15 is 0 Å². The monoisotopic (exact) mass is 332 g/mol. The van der Waals surface area contributed by atoms with E-state index in [4.69, 9.17) is 8.83 Å². The molecule has 0 saturated carbocycles. The lowest BCUT2D eigenvalue weighted by molar-refractivity contribution is 0.523. The molecule has 0 amide bonds. The molecule has 2 aromatic heterocycles. The molecule has 7 heteroatoms. The lowest BCUT2D eigenvalue weighted by atomic mass is 10.2. The van der Waals surface area contributed by atoms with Gasteiger partial charge in [0.2, 0.25) is 20.7 Å². The van der Waals surface area contributed by atoms with Crippen LogP contribution < -0.4 is 5.32 Å². The maximum absolute atomic E-state index is 12.8. The summed E-state index contributed by atoms with van der Waals surface area (Å²) in [6.07, 6.45) is 1.47. The van der Waals surface area contributed by atoms with Crippen molar-refractivity contribution in [2.24, 2.45) is 0 Å². The van der Waals surface area contributed by atoms with E-state index in [0.717, 1.165) is 5.56 Å². The van der Waals surface area contributed by atoms with Crippen LogP contribution in [-0.4, -0.2) is 19.9 Å². The van der Waals surface area contributed by atoms with Crippen molar-refractivity contribution in [1.29, 1.82) is 0 Å². The van der Waals surface area contributed by atoms with E-state index in [1.165, 1.54) is 6.26 Å². The average Bonchev–Trinajstić information content (AvgIpc) is 3.17. The van der Waals surface area contributed by atoms with E-state index in [1.54, 1.807) is 36.4 Å². The minimum atomic E-state index is -3.79. The molecule has 0 bridgehead atoms. The highest BCUT2D eigenvalue weighted by molar-refractivity contribution is 7.91. The molecule has 0 atom stereocenters. The lowest BCUT2D eigenvalue weighted by Crippen LogP contribution is -2.07. The van der Waals surface area contributed by atoms with Crippen molar-refractivity contribution in [2.45, 2.75) is 23.8 Å². The van der Waals surface area contributed by atoms with Gasteiger partial charge in [-0.3, -0.25) is 0 Å². The average molecular weight is 332 g/mol. The molecule has 120 valence electrons. The molecule has 0 radical (unpaired) electrons. The van der Waals surface area contributed by atoms with Crippen LogP contribution in [0.15, 0.2) is 61.4 Å². The number of hydrogen-bond donors (Lipinski definition) is 1. The van der Waals surface area contributed by atoms with Crippen molar-refractivity contribution in [3.05, 3.63) is 48.2 Å². The second kappa shape index (κ2) is 5.92. The molecule has 2 heterocycles. The standard InChI is InChI=1S/C16H16N2O4S/c1-3-17-15-16(18-14(22-15)13-5-4-10-21-13)23(19,20)12-8-6-11(2)7-9-12/h4-10,17H,3H2,1-2H3. The quantitative estimate of drug-likeness (QED) is 0.769. The van der Waals surface area contributed by atoms with Gasteiger partial charge in [0, 0.05) is 6.54 Å². The van der Waals surface area contributed by atoms with Crippen LogP contribution in [0.3, 0.4) is 0 Å². The summed E-state index contributed by atoms with van der Waals surface area (Å²) in [5, 5.41) is 2.75. The number of sulfone groups is 1. The van der Waals surface area contributed by atoms with Crippen LogP contribution in [0.25, 0.3) is 11.7 Å². The Morgan fingerprint density at radius 1 is 1.17 bits per heavy atom. The Morgan fingerprint density at radius 2 is 1.91 bits per heavy atom. The molecule has 3 aromatic rings. The third kappa shape index (κ3) is 2.87. The van der Waals surface area contributed by atoms with Crippen LogP contribution >= 0.6 is 0 Å². The summed E-state index contributed by atoms with van der Waals surface area (Å²) in [5.74, 6) is 0.602. The molecule has 3 rings (SSSR count). The van der Waals surface area contributed by atoms with Gasteiger partial charge < -0.3 is 14.2 Å². The number of rotatable bonds is 5. The number of nitrogens with one attached hydrogen (secondary N) is 1. The minimum absolute atomic E-state index is 0.111. The summed E-state index contributed by atoms with van der Waals surface area (Å²) in [6, 6.07) is 9.94. The van der Waals surface area contributed by atoms with Crippen molar-refractivity contribution in [3.63, 3.8) is 0 Å². The van der Waals surface area contributed by atoms with E-state index in [0.29, 0.717) is 12.3 Å². The molecule has 0 aliphatic heterocycles. The van der Waals surface area contributed by atoms with Crippen molar-refractivity contribution in [1.82, 2.24) is 4.98 Å². The fraction of sp³-hybridized carbons (Fsp3) is 0.188. The van der Waals surface area contributed by atoms with Crippen LogP contribution in [0.5, 0.6) is 0 Å². The number of oxazole rings is 1. The van der Waals surface area contributed by atoms with Crippen molar-refractivity contribution < 1.29 is 17.3 Å². The van der Waals surface area contributed by atoms with Crippen molar-refractivity contribution in [3.8, 4) is 11.7 Å². The van der Waals surface area contributed by atoms with Crippen molar-refractivity contribution >= 4 is 15.7 Å². The van der Waals surface area contributed by atoms with Crippen LogP contribution in [-0.2, 0) is 9.84 Å². The number of benzene rings is 1. The van der Waals surface area contributed by atoms with Gasteiger partial charge in [0.05, 0.1) is 11.2 Å². The maximum atomic E-state index is 12.8. The van der Waals surface area contributed by atoms with Gasteiger partial charge in [0.1, 0.15) is 0 Å². The Balaban J connectivity index is 2.12. The van der Waals surface area contributed by atoms with E-state index in [1.807, 2.05) is 13.8 Å². The van der Waals surface area contributed by atoms with E-state index < -0.39 is 9.84 Å². The Labute approximate surface area is 134 Å². The molecular weight excluding hydrogens is 316 g/mol. The second-order valence-electron chi connectivity index (χ2n) is 4.98. The maximum Gasteiger partial charge on any atom is 0.266 e. The molecule has 0 aliphatic rings. The predicted molar refractivity (Wildman–Crippen MR) is 85.0 cm³/mol. The molecule has 0 aliphatic carbocycles. The minimum Gasteiger partial charge on any atom is -0.459 e. The highest BCUT2D eigenvalue weighted by atomic mass is 32.2. The van der Waals surface area contributed by atoms with Crippen LogP contribution in [0.4, 0.5) is 5.88 Å². The van der Waals surface area contributed by atoms with Gasteiger partial charge in [0.15, 0.2) is 5.76 Å². The van der Waals surface area contributed by atoms with Crippen LogP contribution in [0.1, 0.15) is 12.5 Å².